The normalized spacial score (nSPS) is 11.1. The minimum atomic E-state index is -0.270. The van der Waals surface area contributed by atoms with Crippen LogP contribution in [-0.2, 0) is 0 Å². The Labute approximate surface area is 158 Å². The zero-order valence-corrected chi connectivity index (χ0v) is 15.5. The third kappa shape index (κ3) is 4.17. The molecule has 6 nitrogen and oxygen atoms in total. The second-order valence-corrected chi connectivity index (χ2v) is 5.85. The van der Waals surface area contributed by atoms with Gasteiger partial charge in [-0.05, 0) is 61.5 Å². The lowest BCUT2D eigenvalue weighted by molar-refractivity contribution is 0.0955. The van der Waals surface area contributed by atoms with Crippen LogP contribution >= 0.6 is 0 Å². The zero-order chi connectivity index (χ0) is 19.2. The lowest BCUT2D eigenvalue weighted by atomic mass is 10.1. The Morgan fingerprint density at radius 2 is 1.56 bits per heavy atom. The maximum atomic E-state index is 12.3. The van der Waals surface area contributed by atoms with Gasteiger partial charge in [0.1, 0.15) is 0 Å². The number of hydrazone groups is 1. The van der Waals surface area contributed by atoms with Crippen LogP contribution in [0.25, 0.3) is 5.69 Å². The second kappa shape index (κ2) is 8.23. The molecule has 1 N–H and O–H groups in total. The lowest BCUT2D eigenvalue weighted by Gasteiger charge is -2.09. The highest BCUT2D eigenvalue weighted by Gasteiger charge is 2.08. The average molecular weight is 363 g/mol. The molecule has 0 spiro atoms. The smallest absolute Gasteiger partial charge is 0.271 e. The van der Waals surface area contributed by atoms with E-state index >= 15 is 0 Å². The van der Waals surface area contributed by atoms with Crippen molar-refractivity contribution in [2.45, 2.75) is 6.92 Å². The molecule has 1 amide bonds. The van der Waals surface area contributed by atoms with Gasteiger partial charge in [-0.2, -0.15) is 5.10 Å². The van der Waals surface area contributed by atoms with Crippen LogP contribution in [0.4, 0.5) is 0 Å². The molecule has 0 saturated carbocycles. The molecule has 0 radical (unpaired) electrons. The molecule has 0 saturated heterocycles. The van der Waals surface area contributed by atoms with Gasteiger partial charge < -0.3 is 14.0 Å². The molecule has 27 heavy (non-hydrogen) atoms. The minimum absolute atomic E-state index is 0.270. The van der Waals surface area contributed by atoms with Gasteiger partial charge in [0, 0.05) is 29.2 Å². The van der Waals surface area contributed by atoms with Crippen molar-refractivity contribution >= 4 is 11.6 Å². The molecule has 0 unspecified atom stereocenters. The van der Waals surface area contributed by atoms with E-state index in [2.05, 4.69) is 10.5 Å². The third-order valence-corrected chi connectivity index (χ3v) is 4.16. The van der Waals surface area contributed by atoms with Crippen molar-refractivity contribution < 1.29 is 14.3 Å². The van der Waals surface area contributed by atoms with Crippen molar-refractivity contribution in [2.75, 3.05) is 14.2 Å². The number of carbonyl (C=O) groups is 1. The van der Waals surface area contributed by atoms with Crippen molar-refractivity contribution in [1.29, 1.82) is 0 Å². The summed E-state index contributed by atoms with van der Waals surface area (Å²) in [6, 6.07) is 16.7. The first kappa shape index (κ1) is 18.3. The quantitative estimate of drug-likeness (QED) is 0.537. The standard InChI is InChI=1S/C21H21N3O3/c1-15(17-8-11-19(26-2)20(14-17)27-3)22-23-21(25)16-6-9-18(10-7-16)24-12-4-5-13-24/h4-14H,1-3H3,(H,23,25)/b22-15+. The second-order valence-electron chi connectivity index (χ2n) is 5.85. The summed E-state index contributed by atoms with van der Waals surface area (Å²) in [6.45, 7) is 1.82. The van der Waals surface area contributed by atoms with Gasteiger partial charge in [-0.1, -0.05) is 0 Å². The summed E-state index contributed by atoms with van der Waals surface area (Å²) in [5.74, 6) is 0.978. The number of nitrogens with zero attached hydrogens (tertiary/aromatic N) is 2. The monoisotopic (exact) mass is 363 g/mol. The molecule has 0 atom stereocenters. The first-order valence-electron chi connectivity index (χ1n) is 8.43. The number of hydrogen-bond donors (Lipinski definition) is 1. The van der Waals surface area contributed by atoms with Gasteiger partial charge >= 0.3 is 0 Å². The predicted octanol–water partition coefficient (Wildman–Crippen LogP) is 3.65. The maximum absolute atomic E-state index is 12.3. The fourth-order valence-corrected chi connectivity index (χ4v) is 2.62. The summed E-state index contributed by atoms with van der Waals surface area (Å²) in [5, 5.41) is 4.19. The summed E-state index contributed by atoms with van der Waals surface area (Å²) >= 11 is 0. The average Bonchev–Trinajstić information content (AvgIpc) is 3.26. The topological polar surface area (TPSA) is 64.8 Å². The Kier molecular flexibility index (Phi) is 5.56. The van der Waals surface area contributed by atoms with Crippen molar-refractivity contribution in [1.82, 2.24) is 9.99 Å². The fraction of sp³-hybridized carbons (Fsp3) is 0.143. The maximum Gasteiger partial charge on any atom is 0.271 e. The largest absolute Gasteiger partial charge is 0.493 e. The molecule has 1 aromatic heterocycles. The Balaban J connectivity index is 1.70. The van der Waals surface area contributed by atoms with Crippen LogP contribution in [0.2, 0.25) is 0 Å². The summed E-state index contributed by atoms with van der Waals surface area (Å²) in [5.41, 5.74) is 5.60. The van der Waals surface area contributed by atoms with E-state index in [1.54, 1.807) is 32.4 Å². The molecule has 0 fully saturated rings. The van der Waals surface area contributed by atoms with E-state index in [1.165, 1.54) is 0 Å². The fourth-order valence-electron chi connectivity index (χ4n) is 2.62. The van der Waals surface area contributed by atoms with Crippen LogP contribution in [0.5, 0.6) is 11.5 Å². The molecule has 0 aliphatic heterocycles. The zero-order valence-electron chi connectivity index (χ0n) is 15.5. The van der Waals surface area contributed by atoms with Crippen LogP contribution in [0.3, 0.4) is 0 Å². The number of aromatic nitrogens is 1. The highest BCUT2D eigenvalue weighted by molar-refractivity contribution is 6.01. The van der Waals surface area contributed by atoms with Crippen LogP contribution in [-0.4, -0.2) is 30.4 Å². The van der Waals surface area contributed by atoms with Gasteiger partial charge in [-0.15, -0.1) is 0 Å². The van der Waals surface area contributed by atoms with Gasteiger partial charge in [0.15, 0.2) is 11.5 Å². The summed E-state index contributed by atoms with van der Waals surface area (Å²) < 4.78 is 12.5. The molecule has 6 heteroatoms. The highest BCUT2D eigenvalue weighted by Crippen LogP contribution is 2.27. The van der Waals surface area contributed by atoms with Gasteiger partial charge in [-0.3, -0.25) is 4.79 Å². The van der Waals surface area contributed by atoms with Crippen LogP contribution in [0, 0.1) is 0 Å². The molecule has 3 rings (SSSR count). The Hall–Kier alpha value is -3.54. The number of methoxy groups -OCH3 is 2. The summed E-state index contributed by atoms with van der Waals surface area (Å²) in [6.07, 6.45) is 3.90. The van der Waals surface area contributed by atoms with E-state index in [-0.39, 0.29) is 5.91 Å². The molecule has 1 heterocycles. The number of amides is 1. The SMILES string of the molecule is COc1ccc(/C(C)=N/NC(=O)c2ccc(-n3cccc3)cc2)cc1OC. The van der Waals surface area contributed by atoms with E-state index in [0.717, 1.165) is 11.3 Å². The van der Waals surface area contributed by atoms with Gasteiger partial charge in [0.25, 0.3) is 5.91 Å². The third-order valence-electron chi connectivity index (χ3n) is 4.16. The molecule has 138 valence electrons. The first-order chi connectivity index (χ1) is 13.1. The van der Waals surface area contributed by atoms with Crippen molar-refractivity contribution in [3.05, 3.63) is 78.1 Å². The number of ether oxygens (including phenoxy) is 2. The number of carbonyl (C=O) groups excluding carboxylic acids is 1. The van der Waals surface area contributed by atoms with Gasteiger partial charge in [0.05, 0.1) is 19.9 Å². The number of hydrogen-bond acceptors (Lipinski definition) is 4. The van der Waals surface area contributed by atoms with E-state index in [0.29, 0.717) is 22.8 Å². The van der Waals surface area contributed by atoms with E-state index in [1.807, 2.05) is 60.3 Å². The van der Waals surface area contributed by atoms with Crippen LogP contribution in [0.1, 0.15) is 22.8 Å². The summed E-state index contributed by atoms with van der Waals surface area (Å²) in [4.78, 5) is 12.3. The Morgan fingerprint density at radius 1 is 0.926 bits per heavy atom. The number of benzene rings is 2. The van der Waals surface area contributed by atoms with Crippen LogP contribution < -0.4 is 14.9 Å². The summed E-state index contributed by atoms with van der Waals surface area (Å²) in [7, 11) is 3.16. The van der Waals surface area contributed by atoms with Crippen molar-refractivity contribution in [2.24, 2.45) is 5.10 Å². The van der Waals surface area contributed by atoms with Crippen LogP contribution in [0.15, 0.2) is 72.1 Å². The molecular weight excluding hydrogens is 342 g/mol. The lowest BCUT2D eigenvalue weighted by Crippen LogP contribution is -2.19. The van der Waals surface area contributed by atoms with E-state index in [9.17, 15) is 4.79 Å². The van der Waals surface area contributed by atoms with E-state index in [4.69, 9.17) is 9.47 Å². The first-order valence-corrected chi connectivity index (χ1v) is 8.43. The van der Waals surface area contributed by atoms with Gasteiger partial charge in [-0.25, -0.2) is 5.43 Å². The number of rotatable bonds is 6. The number of nitrogens with one attached hydrogen (secondary N) is 1. The molecule has 0 bridgehead atoms. The van der Waals surface area contributed by atoms with Crippen molar-refractivity contribution in [3.63, 3.8) is 0 Å². The predicted molar refractivity (Wildman–Crippen MR) is 105 cm³/mol. The Bertz CT molecular complexity index is 945. The molecule has 0 aliphatic carbocycles. The highest BCUT2D eigenvalue weighted by atomic mass is 16.5. The van der Waals surface area contributed by atoms with Crippen molar-refractivity contribution in [3.8, 4) is 17.2 Å². The molecule has 3 aromatic rings. The van der Waals surface area contributed by atoms with E-state index < -0.39 is 0 Å². The molecule has 2 aromatic carbocycles. The molecule has 0 aliphatic rings. The molecular formula is C21H21N3O3. The Morgan fingerprint density at radius 3 is 2.19 bits per heavy atom. The van der Waals surface area contributed by atoms with Gasteiger partial charge in [0.2, 0.25) is 0 Å². The minimum Gasteiger partial charge on any atom is -0.493 e.